The van der Waals surface area contributed by atoms with Gasteiger partial charge in [-0.15, -0.1) is 0 Å². The number of Topliss-reactive ketones (excluding diaryl/α,β-unsaturated/α-hetero) is 1. The zero-order chi connectivity index (χ0) is 30.1. The Kier molecular flexibility index (Phi) is 6.99. The van der Waals surface area contributed by atoms with Gasteiger partial charge in [0.2, 0.25) is 0 Å². The Hall–Kier alpha value is -3.08. The third kappa shape index (κ3) is 4.09. The fourth-order valence-electron chi connectivity index (χ4n) is 7.93. The van der Waals surface area contributed by atoms with Crippen LogP contribution in [0.5, 0.6) is 0 Å². The second-order valence-corrected chi connectivity index (χ2v) is 12.6. The monoisotopic (exact) mass is 570 g/mol. The molecule has 1 unspecified atom stereocenters. The molecule has 2 saturated carbocycles. The summed E-state index contributed by atoms with van der Waals surface area (Å²) in [5.74, 6) is -3.96. The van der Waals surface area contributed by atoms with Crippen LogP contribution in [0.4, 0.5) is 0 Å². The number of esters is 3. The van der Waals surface area contributed by atoms with Crippen LogP contribution in [0.2, 0.25) is 0 Å². The van der Waals surface area contributed by atoms with E-state index >= 15 is 0 Å². The van der Waals surface area contributed by atoms with E-state index < -0.39 is 76.1 Å². The van der Waals surface area contributed by atoms with E-state index in [1.807, 2.05) is 6.92 Å². The lowest BCUT2D eigenvalue weighted by Gasteiger charge is -2.67. The van der Waals surface area contributed by atoms with E-state index in [0.717, 1.165) is 5.57 Å². The molecule has 0 aromatic heterocycles. The Morgan fingerprint density at radius 1 is 1.02 bits per heavy atom. The number of benzene rings is 1. The molecule has 5 rings (SSSR count). The fraction of sp³-hybridized carbons (Fsp3) is 0.613. The first-order valence-electron chi connectivity index (χ1n) is 14.0. The Balaban J connectivity index is 1.81. The van der Waals surface area contributed by atoms with Crippen molar-refractivity contribution in [1.29, 1.82) is 0 Å². The van der Waals surface area contributed by atoms with Crippen molar-refractivity contribution in [3.8, 4) is 0 Å². The van der Waals surface area contributed by atoms with Crippen LogP contribution in [-0.4, -0.2) is 76.1 Å². The van der Waals surface area contributed by atoms with Gasteiger partial charge in [0.25, 0.3) is 0 Å². The molecule has 0 spiro atoms. The molecule has 4 aliphatic rings. The Bertz CT molecular complexity index is 1320. The van der Waals surface area contributed by atoms with Crippen LogP contribution in [0.1, 0.15) is 71.2 Å². The smallest absolute Gasteiger partial charge is 0.338 e. The van der Waals surface area contributed by atoms with Gasteiger partial charge in [-0.1, -0.05) is 37.6 Å². The normalized spacial score (nSPS) is 39.2. The molecular weight excluding hydrogens is 532 g/mol. The minimum Gasteiger partial charge on any atom is -0.455 e. The molecule has 3 aliphatic carbocycles. The van der Waals surface area contributed by atoms with E-state index in [1.54, 1.807) is 44.2 Å². The molecule has 1 heterocycles. The lowest BCUT2D eigenvalue weighted by Crippen LogP contribution is -2.81. The number of hydrogen-bond acceptors (Lipinski definition) is 10. The summed E-state index contributed by atoms with van der Waals surface area (Å²) in [6.45, 7) is 9.08. The molecule has 0 radical (unpaired) electrons. The van der Waals surface area contributed by atoms with Crippen molar-refractivity contribution >= 4 is 23.7 Å². The molecule has 2 bridgehead atoms. The molecule has 2 N–H and O–H groups in total. The third-order valence-corrected chi connectivity index (χ3v) is 10.1. The highest BCUT2D eigenvalue weighted by Crippen LogP contribution is 2.64. The molecule has 3 fully saturated rings. The lowest BCUT2D eigenvalue weighted by molar-refractivity contribution is -0.345. The number of aliphatic hydroxyl groups excluding tert-OH is 1. The number of carbonyl (C=O) groups excluding carboxylic acids is 4. The lowest BCUT2D eigenvalue weighted by atomic mass is 9.45. The first-order valence-corrected chi connectivity index (χ1v) is 14.0. The van der Waals surface area contributed by atoms with Gasteiger partial charge in [-0.25, -0.2) is 4.79 Å². The maximum Gasteiger partial charge on any atom is 0.338 e. The van der Waals surface area contributed by atoms with Gasteiger partial charge in [0.15, 0.2) is 17.5 Å². The number of allylic oxidation sites excluding steroid dienone is 1. The average molecular weight is 571 g/mol. The summed E-state index contributed by atoms with van der Waals surface area (Å²) in [4.78, 5) is 53.4. The molecule has 41 heavy (non-hydrogen) atoms. The first kappa shape index (κ1) is 29.4. The second kappa shape index (κ2) is 9.74. The van der Waals surface area contributed by atoms with Crippen LogP contribution in [0.3, 0.4) is 0 Å². The van der Waals surface area contributed by atoms with Gasteiger partial charge in [0.05, 0.1) is 29.6 Å². The summed E-state index contributed by atoms with van der Waals surface area (Å²) < 4.78 is 23.7. The number of carbonyl (C=O) groups is 4. The van der Waals surface area contributed by atoms with Gasteiger partial charge >= 0.3 is 17.9 Å². The number of fused-ring (bicyclic) bond motifs is 5. The molecule has 10 nitrogen and oxygen atoms in total. The predicted octanol–water partition coefficient (Wildman–Crippen LogP) is 2.68. The van der Waals surface area contributed by atoms with E-state index in [2.05, 4.69) is 0 Å². The number of aliphatic hydroxyl groups is 2. The highest BCUT2D eigenvalue weighted by molar-refractivity contribution is 5.95. The summed E-state index contributed by atoms with van der Waals surface area (Å²) in [7, 11) is 0. The maximum absolute atomic E-state index is 14.8. The second-order valence-electron chi connectivity index (χ2n) is 12.6. The topological polar surface area (TPSA) is 146 Å². The summed E-state index contributed by atoms with van der Waals surface area (Å²) in [5.41, 5.74) is -4.98. The highest BCUT2D eigenvalue weighted by atomic mass is 16.6. The zero-order valence-corrected chi connectivity index (χ0v) is 24.3. The summed E-state index contributed by atoms with van der Waals surface area (Å²) >= 11 is 0. The molecule has 10 heteroatoms. The van der Waals surface area contributed by atoms with Crippen LogP contribution in [-0.2, 0) is 33.3 Å². The first-order chi connectivity index (χ1) is 19.1. The molecule has 1 aromatic carbocycles. The van der Waals surface area contributed by atoms with Gasteiger partial charge in [0, 0.05) is 25.7 Å². The predicted molar refractivity (Wildman–Crippen MR) is 143 cm³/mol. The number of hydrogen-bond donors (Lipinski definition) is 2. The van der Waals surface area contributed by atoms with Gasteiger partial charge in [-0.3, -0.25) is 14.4 Å². The van der Waals surface area contributed by atoms with Crippen molar-refractivity contribution in [2.45, 2.75) is 96.4 Å². The van der Waals surface area contributed by atoms with Crippen molar-refractivity contribution in [1.82, 2.24) is 0 Å². The van der Waals surface area contributed by atoms with Crippen molar-refractivity contribution < 1.29 is 48.3 Å². The van der Waals surface area contributed by atoms with Crippen LogP contribution >= 0.6 is 0 Å². The fourth-order valence-corrected chi connectivity index (χ4v) is 7.93. The number of ether oxygens (including phenoxy) is 4. The summed E-state index contributed by atoms with van der Waals surface area (Å²) in [6.07, 6.45) is -4.63. The van der Waals surface area contributed by atoms with Crippen molar-refractivity contribution in [2.24, 2.45) is 16.7 Å². The third-order valence-electron chi connectivity index (χ3n) is 10.1. The van der Waals surface area contributed by atoms with Gasteiger partial charge in [0.1, 0.15) is 17.8 Å². The molecule has 0 amide bonds. The summed E-state index contributed by atoms with van der Waals surface area (Å²) in [5, 5.41) is 24.5. The van der Waals surface area contributed by atoms with E-state index in [4.69, 9.17) is 18.9 Å². The number of rotatable bonds is 4. The molecule has 1 saturated heterocycles. The molecular formula is C31H38O10. The van der Waals surface area contributed by atoms with Crippen LogP contribution in [0.15, 0.2) is 41.5 Å². The summed E-state index contributed by atoms with van der Waals surface area (Å²) in [6, 6.07) is 8.25. The largest absolute Gasteiger partial charge is 0.455 e. The van der Waals surface area contributed by atoms with Crippen molar-refractivity contribution in [2.75, 3.05) is 6.61 Å². The van der Waals surface area contributed by atoms with E-state index in [1.165, 1.54) is 20.8 Å². The Morgan fingerprint density at radius 2 is 1.68 bits per heavy atom. The van der Waals surface area contributed by atoms with Gasteiger partial charge in [-0.2, -0.15) is 0 Å². The Morgan fingerprint density at radius 3 is 2.24 bits per heavy atom. The standard InChI is InChI=1S/C31H38O10/c1-16-12-13-31(37)26(40-27(36)19-10-8-7-9-11-19)24-29(6,20(34)14-21-30(24,15-38-21)41-18(3)33)25(35)23(39-17(2)32)22(16)28(31,4)5/h7-11,20-21,23-24,26,34,37H,12-15H2,1-6H3/t20-,21+,23+,24?,26-,29+,30-,31+/m0/s1. The van der Waals surface area contributed by atoms with E-state index in [9.17, 15) is 29.4 Å². The van der Waals surface area contributed by atoms with Gasteiger partial charge < -0.3 is 29.2 Å². The highest BCUT2D eigenvalue weighted by Gasteiger charge is 2.77. The maximum atomic E-state index is 14.8. The minimum absolute atomic E-state index is 0.0575. The molecule has 8 atom stereocenters. The minimum atomic E-state index is -1.83. The van der Waals surface area contributed by atoms with Gasteiger partial charge in [-0.05, 0) is 44.4 Å². The van der Waals surface area contributed by atoms with Crippen molar-refractivity contribution in [3.63, 3.8) is 0 Å². The van der Waals surface area contributed by atoms with E-state index in [-0.39, 0.29) is 25.0 Å². The average Bonchev–Trinajstić information content (AvgIpc) is 2.89. The zero-order valence-electron chi connectivity index (χ0n) is 24.3. The SMILES string of the molecule is CC(=O)O[C@H]1C(=O)[C@@]2(C)C([C@H](OC(=O)c3ccccc3)[C@]3(O)CCC(C)=C1C3(C)C)[C@]1(OC(C)=O)CO[C@@H]1C[C@@H]2O. The molecule has 1 aromatic rings. The molecule has 1 aliphatic heterocycles. The van der Waals surface area contributed by atoms with Crippen LogP contribution in [0.25, 0.3) is 0 Å². The quantitative estimate of drug-likeness (QED) is 0.315. The van der Waals surface area contributed by atoms with Crippen LogP contribution in [0, 0.1) is 16.7 Å². The number of ketones is 1. The molecule has 222 valence electrons. The van der Waals surface area contributed by atoms with Crippen molar-refractivity contribution in [3.05, 3.63) is 47.0 Å². The van der Waals surface area contributed by atoms with E-state index in [0.29, 0.717) is 12.0 Å². The van der Waals surface area contributed by atoms with Crippen LogP contribution < -0.4 is 0 Å². The Labute approximate surface area is 239 Å².